The van der Waals surface area contributed by atoms with Crippen LogP contribution in [0.25, 0.3) is 0 Å². The quantitative estimate of drug-likeness (QED) is 0.863. The van der Waals surface area contributed by atoms with E-state index in [-0.39, 0.29) is 5.91 Å². The number of carbonyl (C=O) groups is 1. The third-order valence-corrected chi connectivity index (χ3v) is 4.13. The Labute approximate surface area is 137 Å². The second-order valence-corrected chi connectivity index (χ2v) is 5.85. The number of amides is 1. The van der Waals surface area contributed by atoms with E-state index in [2.05, 4.69) is 17.6 Å². The molecule has 1 aromatic heterocycles. The van der Waals surface area contributed by atoms with Crippen LogP contribution < -0.4 is 14.6 Å². The van der Waals surface area contributed by atoms with Crippen molar-refractivity contribution in [3.63, 3.8) is 0 Å². The first-order chi connectivity index (χ1) is 11.3. The summed E-state index contributed by atoms with van der Waals surface area (Å²) in [5.41, 5.74) is 3.52. The molecule has 0 saturated carbocycles. The summed E-state index contributed by atoms with van der Waals surface area (Å²) in [6, 6.07) is 9.67. The molecule has 0 bridgehead atoms. The van der Waals surface area contributed by atoms with Gasteiger partial charge in [-0.3, -0.25) is 4.79 Å². The highest BCUT2D eigenvalue weighted by Crippen LogP contribution is 2.23. The fourth-order valence-corrected chi connectivity index (χ4v) is 3.02. The highest BCUT2D eigenvalue weighted by molar-refractivity contribution is 5.91. The molecular formula is C19H23N2O2+. The predicted octanol–water partition coefficient (Wildman–Crippen LogP) is 2.89. The van der Waals surface area contributed by atoms with Gasteiger partial charge in [-0.1, -0.05) is 12.1 Å². The maximum absolute atomic E-state index is 12.3. The molecule has 120 valence electrons. The lowest BCUT2D eigenvalue weighted by Gasteiger charge is -2.13. The van der Waals surface area contributed by atoms with Gasteiger partial charge in [0.25, 0.3) is 5.91 Å². The van der Waals surface area contributed by atoms with E-state index in [1.807, 2.05) is 42.0 Å². The molecule has 23 heavy (non-hydrogen) atoms. The summed E-state index contributed by atoms with van der Waals surface area (Å²) in [6.07, 6.45) is 8.90. The van der Waals surface area contributed by atoms with Crippen molar-refractivity contribution < 1.29 is 14.1 Å². The third kappa shape index (κ3) is 3.89. The molecule has 0 fully saturated rings. The lowest BCUT2D eigenvalue weighted by molar-refractivity contribution is -0.684. The van der Waals surface area contributed by atoms with Crippen LogP contribution >= 0.6 is 0 Å². The van der Waals surface area contributed by atoms with Crippen LogP contribution in [-0.4, -0.2) is 12.5 Å². The first kappa shape index (κ1) is 15.5. The average molecular weight is 311 g/mol. The zero-order valence-corrected chi connectivity index (χ0v) is 13.5. The number of para-hydroxylation sites is 2. The van der Waals surface area contributed by atoms with Crippen LogP contribution in [0.15, 0.2) is 42.7 Å². The molecule has 0 saturated heterocycles. The smallest absolute Gasteiger partial charge is 0.290 e. The Morgan fingerprint density at radius 3 is 2.78 bits per heavy atom. The summed E-state index contributed by atoms with van der Waals surface area (Å²) in [7, 11) is 0. The van der Waals surface area contributed by atoms with Gasteiger partial charge in [0.05, 0.1) is 12.3 Å². The van der Waals surface area contributed by atoms with Crippen LogP contribution in [0.1, 0.15) is 30.9 Å². The first-order valence-electron chi connectivity index (χ1n) is 8.29. The summed E-state index contributed by atoms with van der Waals surface area (Å²) in [5.74, 6) is 0.664. The van der Waals surface area contributed by atoms with Crippen molar-refractivity contribution in [1.82, 2.24) is 0 Å². The van der Waals surface area contributed by atoms with E-state index < -0.39 is 0 Å². The minimum absolute atomic E-state index is 0.0436. The summed E-state index contributed by atoms with van der Waals surface area (Å²) in [4.78, 5) is 12.3. The molecule has 0 spiro atoms. The van der Waals surface area contributed by atoms with Crippen LogP contribution in [0.5, 0.6) is 5.75 Å². The van der Waals surface area contributed by atoms with Crippen LogP contribution in [0, 0.1) is 0 Å². The van der Waals surface area contributed by atoms with Crippen LogP contribution in [0.2, 0.25) is 0 Å². The van der Waals surface area contributed by atoms with Gasteiger partial charge in [-0.25, -0.2) is 0 Å². The van der Waals surface area contributed by atoms with Gasteiger partial charge in [-0.15, -0.1) is 0 Å². The van der Waals surface area contributed by atoms with Crippen molar-refractivity contribution in [2.45, 2.75) is 39.2 Å². The predicted molar refractivity (Wildman–Crippen MR) is 89.5 cm³/mol. The van der Waals surface area contributed by atoms with Crippen molar-refractivity contribution >= 4 is 11.6 Å². The second-order valence-electron chi connectivity index (χ2n) is 5.85. The number of aromatic nitrogens is 1. The molecule has 1 amide bonds. The molecule has 4 nitrogen and oxygen atoms in total. The minimum Gasteiger partial charge on any atom is -0.492 e. The van der Waals surface area contributed by atoms with Gasteiger partial charge in [-0.05, 0) is 50.3 Å². The standard InChI is InChI=1S/C19H22N2O2/c1-2-23-18-10-6-5-9-17(18)20-19(22)14-21-12-11-15-7-3-4-8-16(15)13-21/h5-6,9-13H,2-4,7-8,14H2,1H3/p+1. The number of nitrogens with one attached hydrogen (secondary N) is 1. The van der Waals surface area contributed by atoms with E-state index in [9.17, 15) is 4.79 Å². The van der Waals surface area contributed by atoms with Crippen LogP contribution in [-0.2, 0) is 24.2 Å². The SMILES string of the molecule is CCOc1ccccc1NC(=O)C[n+]1ccc2c(c1)CCCC2. The van der Waals surface area contributed by atoms with E-state index in [4.69, 9.17) is 4.74 Å². The fraction of sp³-hybridized carbons (Fsp3) is 0.368. The van der Waals surface area contributed by atoms with Crippen molar-refractivity contribution in [2.24, 2.45) is 0 Å². The molecule has 0 radical (unpaired) electrons. The number of anilines is 1. The molecular weight excluding hydrogens is 288 g/mol. The van der Waals surface area contributed by atoms with Gasteiger partial charge >= 0.3 is 0 Å². The van der Waals surface area contributed by atoms with Crippen molar-refractivity contribution in [3.05, 3.63) is 53.9 Å². The maximum atomic E-state index is 12.3. The Kier molecular flexibility index (Phi) is 4.91. The molecule has 1 heterocycles. The van der Waals surface area contributed by atoms with Gasteiger partial charge in [0.15, 0.2) is 12.4 Å². The van der Waals surface area contributed by atoms with Crippen molar-refractivity contribution in [1.29, 1.82) is 0 Å². The number of aryl methyl sites for hydroxylation is 2. The van der Waals surface area contributed by atoms with Gasteiger partial charge in [-0.2, -0.15) is 4.57 Å². The molecule has 0 unspecified atom stereocenters. The first-order valence-corrected chi connectivity index (χ1v) is 8.29. The Hall–Kier alpha value is -2.36. The number of nitrogens with zero attached hydrogens (tertiary/aromatic N) is 1. The topological polar surface area (TPSA) is 42.2 Å². The van der Waals surface area contributed by atoms with Gasteiger partial charge in [0, 0.05) is 11.6 Å². The summed E-state index contributed by atoms with van der Waals surface area (Å²) in [5, 5.41) is 2.94. The van der Waals surface area contributed by atoms with Crippen molar-refractivity contribution in [3.8, 4) is 5.75 Å². The summed E-state index contributed by atoms with van der Waals surface area (Å²) < 4.78 is 7.50. The van der Waals surface area contributed by atoms with E-state index >= 15 is 0 Å². The minimum atomic E-state index is -0.0436. The van der Waals surface area contributed by atoms with E-state index in [0.717, 1.165) is 18.5 Å². The number of rotatable bonds is 5. The summed E-state index contributed by atoms with van der Waals surface area (Å²) in [6.45, 7) is 2.82. The Bertz CT molecular complexity index is 698. The van der Waals surface area contributed by atoms with Crippen molar-refractivity contribution in [2.75, 3.05) is 11.9 Å². The lowest BCUT2D eigenvalue weighted by Crippen LogP contribution is -2.40. The van der Waals surface area contributed by atoms with Crippen LogP contribution in [0.3, 0.4) is 0 Å². The van der Waals surface area contributed by atoms with Crippen LogP contribution in [0.4, 0.5) is 5.69 Å². The summed E-state index contributed by atoms with van der Waals surface area (Å²) >= 11 is 0. The van der Waals surface area contributed by atoms with E-state index in [1.54, 1.807) is 0 Å². The molecule has 4 heteroatoms. The number of carbonyl (C=O) groups excluding carboxylic acids is 1. The Balaban J connectivity index is 1.68. The maximum Gasteiger partial charge on any atom is 0.290 e. The van der Waals surface area contributed by atoms with E-state index in [1.165, 1.54) is 24.0 Å². The number of ether oxygens (including phenoxy) is 1. The fourth-order valence-electron chi connectivity index (χ4n) is 3.02. The highest BCUT2D eigenvalue weighted by atomic mass is 16.5. The van der Waals surface area contributed by atoms with Gasteiger partial charge in [0.2, 0.25) is 6.54 Å². The Morgan fingerprint density at radius 2 is 1.96 bits per heavy atom. The molecule has 1 N–H and O–H groups in total. The zero-order valence-electron chi connectivity index (χ0n) is 13.5. The third-order valence-electron chi connectivity index (χ3n) is 4.13. The molecule has 3 rings (SSSR count). The molecule has 1 aliphatic rings. The zero-order chi connectivity index (χ0) is 16.1. The largest absolute Gasteiger partial charge is 0.492 e. The van der Waals surface area contributed by atoms with Gasteiger partial charge < -0.3 is 10.1 Å². The second kappa shape index (κ2) is 7.27. The molecule has 0 atom stereocenters. The number of benzene rings is 1. The van der Waals surface area contributed by atoms with Gasteiger partial charge in [0.1, 0.15) is 5.75 Å². The Morgan fingerprint density at radius 1 is 1.17 bits per heavy atom. The normalized spacial score (nSPS) is 13.3. The number of pyridine rings is 1. The number of fused-ring (bicyclic) bond motifs is 1. The lowest BCUT2D eigenvalue weighted by atomic mass is 9.93. The molecule has 0 aliphatic heterocycles. The van der Waals surface area contributed by atoms with E-state index in [0.29, 0.717) is 18.9 Å². The highest BCUT2D eigenvalue weighted by Gasteiger charge is 2.16. The number of hydrogen-bond acceptors (Lipinski definition) is 2. The average Bonchev–Trinajstić information content (AvgIpc) is 2.57. The molecule has 1 aromatic carbocycles. The molecule has 1 aliphatic carbocycles. The molecule has 2 aromatic rings. The monoisotopic (exact) mass is 311 g/mol. The number of hydrogen-bond donors (Lipinski definition) is 1.